The molecule has 0 radical (unpaired) electrons. The molecule has 1 unspecified atom stereocenters. The first-order valence-electron chi connectivity index (χ1n) is 6.22. The molecule has 2 N–H and O–H groups in total. The number of benzene rings is 1. The van der Waals surface area contributed by atoms with E-state index in [9.17, 15) is 8.78 Å². The van der Waals surface area contributed by atoms with Gasteiger partial charge in [-0.15, -0.1) is 0 Å². The van der Waals surface area contributed by atoms with Crippen LogP contribution in [-0.4, -0.2) is 23.5 Å². The van der Waals surface area contributed by atoms with Crippen LogP contribution in [0.15, 0.2) is 24.4 Å². The second kappa shape index (κ2) is 5.75. The fraction of sp³-hybridized carbons (Fsp3) is 0.429. The van der Waals surface area contributed by atoms with E-state index in [1.54, 1.807) is 0 Å². The van der Waals surface area contributed by atoms with Crippen molar-refractivity contribution in [2.45, 2.75) is 32.2 Å². The third-order valence-electron chi connectivity index (χ3n) is 3.02. The van der Waals surface area contributed by atoms with Gasteiger partial charge in [0.05, 0.1) is 6.54 Å². The number of alkyl halides is 2. The molecule has 0 aliphatic rings. The fourth-order valence-corrected chi connectivity index (χ4v) is 2.57. The maximum Gasteiger partial charge on any atom is 0.257 e. The molecule has 5 heteroatoms. The maximum absolute atomic E-state index is 12.8. The smallest absolute Gasteiger partial charge is 0.257 e. The van der Waals surface area contributed by atoms with Gasteiger partial charge in [-0.25, -0.2) is 8.78 Å². The molecule has 0 bridgehead atoms. The van der Waals surface area contributed by atoms with Crippen molar-refractivity contribution in [3.8, 4) is 0 Å². The van der Waals surface area contributed by atoms with Crippen molar-refractivity contribution in [2.24, 2.45) is 0 Å². The Morgan fingerprint density at radius 2 is 2.16 bits per heavy atom. The molecule has 19 heavy (non-hydrogen) atoms. The summed E-state index contributed by atoms with van der Waals surface area (Å²) < 4.78 is 26.8. The van der Waals surface area contributed by atoms with Crippen LogP contribution < -0.4 is 5.32 Å². The Labute approximate surface area is 125 Å². The molecule has 1 aromatic heterocycles. The molecule has 0 aliphatic carbocycles. The number of aromatic amines is 1. The van der Waals surface area contributed by atoms with Crippen molar-refractivity contribution >= 4 is 33.5 Å². The largest absolute Gasteiger partial charge is 0.361 e. The van der Waals surface area contributed by atoms with Crippen molar-refractivity contribution in [2.75, 3.05) is 6.54 Å². The highest BCUT2D eigenvalue weighted by Crippen LogP contribution is 2.21. The van der Waals surface area contributed by atoms with E-state index < -0.39 is 5.92 Å². The number of hydrogen-bond acceptors (Lipinski definition) is 1. The molecule has 1 heterocycles. The Morgan fingerprint density at radius 3 is 2.84 bits per heavy atom. The second-order valence-electron chi connectivity index (χ2n) is 5.06. The number of H-pyrrole nitrogens is 1. The minimum absolute atomic E-state index is 0.0177. The van der Waals surface area contributed by atoms with Gasteiger partial charge in [-0.05, 0) is 53.6 Å². The summed E-state index contributed by atoms with van der Waals surface area (Å²) in [4.78, 5) is 3.23. The topological polar surface area (TPSA) is 27.8 Å². The lowest BCUT2D eigenvalue weighted by Crippen LogP contribution is -2.37. The van der Waals surface area contributed by atoms with Crippen LogP contribution in [0, 0.1) is 3.57 Å². The lowest BCUT2D eigenvalue weighted by Gasteiger charge is -2.17. The van der Waals surface area contributed by atoms with Crippen LogP contribution in [0.1, 0.15) is 19.4 Å². The van der Waals surface area contributed by atoms with Crippen molar-refractivity contribution in [1.29, 1.82) is 0 Å². The number of hydrogen-bond donors (Lipinski definition) is 2. The van der Waals surface area contributed by atoms with Gasteiger partial charge in [-0.2, -0.15) is 0 Å². The Bertz CT molecular complexity index is 560. The quantitative estimate of drug-likeness (QED) is 0.758. The fourth-order valence-electron chi connectivity index (χ4n) is 2.08. The molecule has 2 nitrogen and oxygen atoms in total. The van der Waals surface area contributed by atoms with Gasteiger partial charge in [0, 0.05) is 33.6 Å². The van der Waals surface area contributed by atoms with E-state index in [1.807, 2.05) is 13.1 Å². The van der Waals surface area contributed by atoms with Crippen molar-refractivity contribution in [3.63, 3.8) is 0 Å². The molecular weight excluding hydrogens is 361 g/mol. The van der Waals surface area contributed by atoms with E-state index in [2.05, 4.69) is 51.1 Å². The first-order chi connectivity index (χ1) is 8.85. The lowest BCUT2D eigenvalue weighted by molar-refractivity contribution is 0.0204. The molecule has 104 valence electrons. The van der Waals surface area contributed by atoms with Crippen LogP contribution in [0.3, 0.4) is 0 Å². The molecule has 2 aromatic rings. The zero-order valence-corrected chi connectivity index (χ0v) is 13.1. The average Bonchev–Trinajstić information content (AvgIpc) is 2.68. The number of nitrogens with one attached hydrogen (secondary N) is 2. The Morgan fingerprint density at radius 1 is 1.42 bits per heavy atom. The van der Waals surface area contributed by atoms with Gasteiger partial charge in [0.2, 0.25) is 0 Å². The number of rotatable bonds is 5. The van der Waals surface area contributed by atoms with E-state index in [4.69, 9.17) is 0 Å². The summed E-state index contributed by atoms with van der Waals surface area (Å²) in [6.07, 6.45) is 2.69. The Hall–Kier alpha value is -0.690. The summed E-state index contributed by atoms with van der Waals surface area (Å²) >= 11 is 2.27. The van der Waals surface area contributed by atoms with Crippen LogP contribution in [0.5, 0.6) is 0 Å². The van der Waals surface area contributed by atoms with E-state index in [1.165, 1.54) is 3.57 Å². The van der Waals surface area contributed by atoms with Gasteiger partial charge in [0.25, 0.3) is 5.92 Å². The van der Waals surface area contributed by atoms with Gasteiger partial charge in [-0.3, -0.25) is 0 Å². The average molecular weight is 378 g/mol. The molecule has 1 aromatic carbocycles. The van der Waals surface area contributed by atoms with E-state index >= 15 is 0 Å². The van der Waals surface area contributed by atoms with Crippen LogP contribution >= 0.6 is 22.6 Å². The molecule has 0 saturated carbocycles. The molecule has 0 fully saturated rings. The molecule has 0 amide bonds. The molecule has 2 rings (SSSR count). The number of aromatic nitrogens is 1. The highest BCUT2D eigenvalue weighted by Gasteiger charge is 2.21. The van der Waals surface area contributed by atoms with E-state index in [0.29, 0.717) is 0 Å². The number of fused-ring (bicyclic) bond motifs is 1. The van der Waals surface area contributed by atoms with Crippen LogP contribution in [0.25, 0.3) is 10.9 Å². The summed E-state index contributed by atoms with van der Waals surface area (Å²) in [6, 6.07) is 6.23. The summed E-state index contributed by atoms with van der Waals surface area (Å²) in [6.45, 7) is 2.58. The van der Waals surface area contributed by atoms with Crippen LogP contribution in [0.2, 0.25) is 0 Å². The predicted molar refractivity (Wildman–Crippen MR) is 82.8 cm³/mol. The van der Waals surface area contributed by atoms with Crippen LogP contribution in [-0.2, 0) is 6.42 Å². The molecule has 1 atom stereocenters. The van der Waals surface area contributed by atoms with Gasteiger partial charge in [0.1, 0.15) is 0 Å². The first kappa shape index (κ1) is 14.7. The molecule has 0 aliphatic heterocycles. The number of halogens is 3. The van der Waals surface area contributed by atoms with Crippen molar-refractivity contribution in [1.82, 2.24) is 10.3 Å². The summed E-state index contributed by atoms with van der Waals surface area (Å²) in [5.41, 5.74) is 2.25. The van der Waals surface area contributed by atoms with Gasteiger partial charge in [-0.1, -0.05) is 6.07 Å². The van der Waals surface area contributed by atoms with Gasteiger partial charge in [0.15, 0.2) is 0 Å². The van der Waals surface area contributed by atoms with E-state index in [0.717, 1.165) is 29.8 Å². The first-order valence-corrected chi connectivity index (χ1v) is 7.30. The summed E-state index contributed by atoms with van der Waals surface area (Å²) in [7, 11) is 0. The van der Waals surface area contributed by atoms with E-state index in [-0.39, 0.29) is 12.6 Å². The minimum Gasteiger partial charge on any atom is -0.361 e. The Balaban J connectivity index is 2.05. The van der Waals surface area contributed by atoms with Crippen molar-refractivity contribution in [3.05, 3.63) is 33.5 Å². The SMILES string of the molecule is CC(Cc1c[nH]c2cc(I)ccc12)NCC(C)(F)F. The zero-order valence-electron chi connectivity index (χ0n) is 10.9. The summed E-state index contributed by atoms with van der Waals surface area (Å²) in [5.74, 6) is -2.66. The molecule has 0 spiro atoms. The highest BCUT2D eigenvalue weighted by atomic mass is 127. The van der Waals surface area contributed by atoms with Crippen molar-refractivity contribution < 1.29 is 8.78 Å². The second-order valence-corrected chi connectivity index (χ2v) is 6.31. The molecule has 0 saturated heterocycles. The Kier molecular flexibility index (Phi) is 4.45. The minimum atomic E-state index is -2.66. The standard InChI is InChI=1S/C14H17F2IN2/c1-9(19-8-14(2,15)16)5-10-7-18-13-6-11(17)3-4-12(10)13/h3-4,6-7,9,18-19H,5,8H2,1-2H3. The monoisotopic (exact) mass is 378 g/mol. The molecular formula is C14H17F2IN2. The third kappa shape index (κ3) is 4.14. The summed E-state index contributed by atoms with van der Waals surface area (Å²) in [5, 5.41) is 4.04. The third-order valence-corrected chi connectivity index (χ3v) is 3.69. The normalized spacial score (nSPS) is 13.9. The highest BCUT2D eigenvalue weighted by molar-refractivity contribution is 14.1. The maximum atomic E-state index is 12.8. The van der Waals surface area contributed by atoms with Crippen LogP contribution in [0.4, 0.5) is 8.78 Å². The van der Waals surface area contributed by atoms with Gasteiger partial charge >= 0.3 is 0 Å². The lowest BCUT2D eigenvalue weighted by atomic mass is 10.1. The predicted octanol–water partition coefficient (Wildman–Crippen LogP) is 3.95. The van der Waals surface area contributed by atoms with Gasteiger partial charge < -0.3 is 10.3 Å². The zero-order chi connectivity index (χ0) is 14.0.